The highest BCUT2D eigenvalue weighted by molar-refractivity contribution is 7.89. The van der Waals surface area contributed by atoms with E-state index >= 15 is 0 Å². The van der Waals surface area contributed by atoms with Crippen LogP contribution in [0.25, 0.3) is 0 Å². The zero-order valence-corrected chi connectivity index (χ0v) is 11.0. The summed E-state index contributed by atoms with van der Waals surface area (Å²) in [5.74, 6) is 0. The van der Waals surface area contributed by atoms with Gasteiger partial charge in [0.1, 0.15) is 4.90 Å². The van der Waals surface area contributed by atoms with Gasteiger partial charge in [-0.1, -0.05) is 30.3 Å². The van der Waals surface area contributed by atoms with E-state index in [1.165, 1.54) is 12.4 Å². The van der Waals surface area contributed by atoms with Crippen molar-refractivity contribution in [1.29, 1.82) is 0 Å². The normalized spacial score (nSPS) is 13.3. The third kappa shape index (κ3) is 3.63. The van der Waals surface area contributed by atoms with Gasteiger partial charge in [0.25, 0.3) is 0 Å². The fraction of sp³-hybridized carbons (Fsp3) is 0.250. The summed E-state index contributed by atoms with van der Waals surface area (Å²) in [5.41, 5.74) is 0.955. The molecule has 0 saturated heterocycles. The monoisotopic (exact) mass is 281 g/mol. The highest BCUT2D eigenvalue weighted by Gasteiger charge is 2.20. The zero-order valence-electron chi connectivity index (χ0n) is 10.2. The molecule has 0 amide bonds. The van der Waals surface area contributed by atoms with Crippen LogP contribution in [0.15, 0.2) is 47.6 Å². The summed E-state index contributed by atoms with van der Waals surface area (Å²) in [6, 6.07) is 8.82. The second kappa shape index (κ2) is 5.96. The maximum absolute atomic E-state index is 12.0. The van der Waals surface area contributed by atoms with Gasteiger partial charge in [0.15, 0.2) is 0 Å². The van der Waals surface area contributed by atoms with Gasteiger partial charge >= 0.3 is 0 Å². The molecule has 0 saturated carbocycles. The summed E-state index contributed by atoms with van der Waals surface area (Å²) < 4.78 is 26.4. The lowest BCUT2D eigenvalue weighted by Gasteiger charge is -2.15. The summed E-state index contributed by atoms with van der Waals surface area (Å²) in [7, 11) is -3.65. The van der Waals surface area contributed by atoms with Crippen LogP contribution in [0.4, 0.5) is 0 Å². The summed E-state index contributed by atoms with van der Waals surface area (Å²) in [6.07, 6.45) is 2.94. The number of rotatable bonds is 6. The second-order valence-electron chi connectivity index (χ2n) is 4.12. The second-order valence-corrected chi connectivity index (χ2v) is 5.84. The lowest BCUT2D eigenvalue weighted by atomic mass is 10.1. The van der Waals surface area contributed by atoms with E-state index in [4.69, 9.17) is 0 Å². The van der Waals surface area contributed by atoms with Gasteiger partial charge in [-0.2, -0.15) is 5.10 Å². The third-order valence-corrected chi connectivity index (χ3v) is 4.14. The highest BCUT2D eigenvalue weighted by Crippen LogP contribution is 2.08. The van der Waals surface area contributed by atoms with Crippen LogP contribution < -0.4 is 4.72 Å². The van der Waals surface area contributed by atoms with E-state index in [2.05, 4.69) is 14.9 Å². The summed E-state index contributed by atoms with van der Waals surface area (Å²) in [5, 5.41) is 15.3. The fourth-order valence-corrected chi connectivity index (χ4v) is 2.85. The van der Waals surface area contributed by atoms with Crippen LogP contribution in [0.5, 0.6) is 0 Å². The van der Waals surface area contributed by atoms with Gasteiger partial charge in [-0.25, -0.2) is 13.1 Å². The minimum absolute atomic E-state index is 0.0546. The molecule has 1 aromatic heterocycles. The zero-order chi connectivity index (χ0) is 13.7. The van der Waals surface area contributed by atoms with Gasteiger partial charge in [-0.05, 0) is 12.0 Å². The van der Waals surface area contributed by atoms with E-state index < -0.39 is 16.1 Å². The molecule has 0 aliphatic heterocycles. The standard InChI is InChI=1S/C12H15N3O3S/c16-9-11(6-10-4-2-1-3-5-10)15-19(17,18)12-7-13-14-8-12/h1-5,7-8,11,15-16H,6,9H2,(H,13,14)/t11-/m1/s1. The van der Waals surface area contributed by atoms with Crippen molar-refractivity contribution in [3.05, 3.63) is 48.3 Å². The molecule has 7 heteroatoms. The third-order valence-electron chi connectivity index (χ3n) is 2.65. The molecular weight excluding hydrogens is 266 g/mol. The van der Waals surface area contributed by atoms with E-state index in [9.17, 15) is 13.5 Å². The van der Waals surface area contributed by atoms with Crippen LogP contribution in [0.2, 0.25) is 0 Å². The molecule has 102 valence electrons. The SMILES string of the molecule is O=S(=O)(N[C@@H](CO)Cc1ccccc1)c1cn[nH]c1. The average Bonchev–Trinajstić information content (AvgIpc) is 2.93. The molecule has 3 N–H and O–H groups in total. The number of benzene rings is 1. The van der Waals surface area contributed by atoms with Crippen molar-refractivity contribution in [3.8, 4) is 0 Å². The van der Waals surface area contributed by atoms with Crippen LogP contribution in [0.1, 0.15) is 5.56 Å². The Hall–Kier alpha value is -1.70. The molecule has 2 rings (SSSR count). The lowest BCUT2D eigenvalue weighted by Crippen LogP contribution is -2.38. The van der Waals surface area contributed by atoms with Crippen molar-refractivity contribution in [2.75, 3.05) is 6.61 Å². The average molecular weight is 281 g/mol. The Morgan fingerprint density at radius 1 is 1.32 bits per heavy atom. The topological polar surface area (TPSA) is 95.1 Å². The van der Waals surface area contributed by atoms with Gasteiger partial charge in [-0.3, -0.25) is 5.10 Å². The first-order chi connectivity index (χ1) is 9.12. The molecule has 0 bridgehead atoms. The molecule has 1 aromatic carbocycles. The molecule has 1 atom stereocenters. The Balaban J connectivity index is 2.08. The molecule has 0 aliphatic carbocycles. The number of aliphatic hydroxyl groups excluding tert-OH is 1. The van der Waals surface area contributed by atoms with Gasteiger partial charge in [0.05, 0.1) is 12.8 Å². The number of aliphatic hydroxyl groups is 1. The molecular formula is C12H15N3O3S. The van der Waals surface area contributed by atoms with Gasteiger partial charge in [-0.15, -0.1) is 0 Å². The number of nitrogens with one attached hydrogen (secondary N) is 2. The van der Waals surface area contributed by atoms with Crippen LogP contribution in [0, 0.1) is 0 Å². The quantitative estimate of drug-likeness (QED) is 0.709. The van der Waals surface area contributed by atoms with E-state index in [1.807, 2.05) is 30.3 Å². The first kappa shape index (κ1) is 13.7. The van der Waals surface area contributed by atoms with Crippen molar-refractivity contribution in [1.82, 2.24) is 14.9 Å². The molecule has 0 spiro atoms. The Kier molecular flexibility index (Phi) is 4.31. The van der Waals surface area contributed by atoms with Gasteiger partial charge < -0.3 is 5.11 Å². The van der Waals surface area contributed by atoms with E-state index in [-0.39, 0.29) is 11.5 Å². The molecule has 2 aromatic rings. The highest BCUT2D eigenvalue weighted by atomic mass is 32.2. The molecule has 6 nitrogen and oxygen atoms in total. The molecule has 0 fully saturated rings. The summed E-state index contributed by atoms with van der Waals surface area (Å²) in [6.45, 7) is -0.272. The largest absolute Gasteiger partial charge is 0.395 e. The number of hydrogen-bond acceptors (Lipinski definition) is 4. The predicted octanol–water partition coefficient (Wildman–Crippen LogP) is 0.292. The fourth-order valence-electron chi connectivity index (χ4n) is 1.72. The first-order valence-corrected chi connectivity index (χ1v) is 7.26. The minimum Gasteiger partial charge on any atom is -0.395 e. The minimum atomic E-state index is -3.65. The Bertz CT molecular complexity index is 596. The van der Waals surface area contributed by atoms with Crippen molar-refractivity contribution in [2.24, 2.45) is 0 Å². The van der Waals surface area contributed by atoms with Gasteiger partial charge in [0, 0.05) is 12.2 Å². The van der Waals surface area contributed by atoms with Crippen LogP contribution in [0.3, 0.4) is 0 Å². The summed E-state index contributed by atoms with van der Waals surface area (Å²) >= 11 is 0. The van der Waals surface area contributed by atoms with Crippen LogP contribution in [-0.4, -0.2) is 36.4 Å². The molecule has 0 radical (unpaired) electrons. The van der Waals surface area contributed by atoms with Crippen molar-refractivity contribution in [2.45, 2.75) is 17.4 Å². The first-order valence-electron chi connectivity index (χ1n) is 5.78. The Morgan fingerprint density at radius 2 is 2.05 bits per heavy atom. The maximum Gasteiger partial charge on any atom is 0.244 e. The van der Waals surface area contributed by atoms with Crippen molar-refractivity contribution < 1.29 is 13.5 Å². The lowest BCUT2D eigenvalue weighted by molar-refractivity contribution is 0.256. The van der Waals surface area contributed by atoms with Gasteiger partial charge in [0.2, 0.25) is 10.0 Å². The predicted molar refractivity (Wildman–Crippen MR) is 69.9 cm³/mol. The smallest absolute Gasteiger partial charge is 0.244 e. The van der Waals surface area contributed by atoms with Crippen molar-refractivity contribution >= 4 is 10.0 Å². The van der Waals surface area contributed by atoms with Crippen LogP contribution >= 0.6 is 0 Å². The number of hydrogen-bond donors (Lipinski definition) is 3. The number of sulfonamides is 1. The summed E-state index contributed by atoms with van der Waals surface area (Å²) in [4.78, 5) is 0.0546. The molecule has 0 unspecified atom stereocenters. The number of aromatic amines is 1. The van der Waals surface area contributed by atoms with E-state index in [0.29, 0.717) is 6.42 Å². The van der Waals surface area contributed by atoms with E-state index in [0.717, 1.165) is 5.56 Å². The Labute approximate surface area is 111 Å². The van der Waals surface area contributed by atoms with Crippen LogP contribution in [-0.2, 0) is 16.4 Å². The molecule has 0 aliphatic rings. The maximum atomic E-state index is 12.0. The molecule has 1 heterocycles. The van der Waals surface area contributed by atoms with E-state index in [1.54, 1.807) is 0 Å². The van der Waals surface area contributed by atoms with Crippen molar-refractivity contribution in [3.63, 3.8) is 0 Å². The number of aromatic nitrogens is 2. The molecule has 19 heavy (non-hydrogen) atoms. The number of nitrogens with zero attached hydrogens (tertiary/aromatic N) is 1. The Morgan fingerprint density at radius 3 is 2.63 bits per heavy atom. The number of H-pyrrole nitrogens is 1.